The number of esters is 2. The van der Waals surface area contributed by atoms with Gasteiger partial charge in [0.25, 0.3) is 0 Å². The quantitative estimate of drug-likeness (QED) is 0.226. The van der Waals surface area contributed by atoms with E-state index in [0.717, 1.165) is 62.1 Å². The molecule has 0 N–H and O–H groups in total. The lowest BCUT2D eigenvalue weighted by Crippen LogP contribution is -2.49. The summed E-state index contributed by atoms with van der Waals surface area (Å²) in [5, 5.41) is 0. The van der Waals surface area contributed by atoms with E-state index < -0.39 is 36.5 Å². The van der Waals surface area contributed by atoms with Gasteiger partial charge >= 0.3 is 18.0 Å². The number of hydrogen-bond acceptors (Lipinski definition) is 9. The number of thiophene rings is 1. The highest BCUT2D eigenvalue weighted by molar-refractivity contribution is 7.18. The first kappa shape index (κ1) is 34.9. The molecular formula is C36H49N3O7S. The van der Waals surface area contributed by atoms with E-state index >= 15 is 0 Å². The molecule has 1 unspecified atom stereocenters. The van der Waals surface area contributed by atoms with E-state index in [1.54, 1.807) is 20.8 Å². The van der Waals surface area contributed by atoms with Crippen molar-refractivity contribution in [3.63, 3.8) is 0 Å². The molecule has 11 heteroatoms. The van der Waals surface area contributed by atoms with Gasteiger partial charge in [-0.05, 0) is 110 Å². The fourth-order valence-electron chi connectivity index (χ4n) is 6.76. The number of ether oxygens (including phenoxy) is 3. The zero-order chi connectivity index (χ0) is 33.7. The standard InChI is InChI=1S/C36H49N3O7S/c1-24-13-15-26(16-14-24)32(40)39(27-17-20-37(5)21-18-27)29-22-30(25-10-7-6-8-11-25)47-31(29)34(42)45-23-44-33(41)28-12-9-19-38(28)35(43)46-36(2,3)4/h6-8,10-11,22,24,26-28H,9,12-21,23H2,1-5H3. The molecule has 1 aliphatic carbocycles. The predicted molar refractivity (Wildman–Crippen MR) is 181 cm³/mol. The number of likely N-dealkylation sites (tertiary alicyclic amines) is 2. The van der Waals surface area contributed by atoms with Crippen LogP contribution in [0.4, 0.5) is 10.5 Å². The normalized spacial score (nSPS) is 22.5. The third-order valence-corrected chi connectivity index (χ3v) is 10.6. The molecular weight excluding hydrogens is 618 g/mol. The number of anilines is 1. The van der Waals surface area contributed by atoms with Crippen LogP contribution in [0.15, 0.2) is 36.4 Å². The lowest BCUT2D eigenvalue weighted by atomic mass is 9.82. The molecule has 5 rings (SSSR count). The van der Waals surface area contributed by atoms with Gasteiger partial charge in [0.05, 0.1) is 5.69 Å². The van der Waals surface area contributed by atoms with Crippen LogP contribution in [-0.4, -0.2) is 84.9 Å². The van der Waals surface area contributed by atoms with Crippen LogP contribution in [0.1, 0.15) is 88.7 Å². The van der Waals surface area contributed by atoms with E-state index in [1.807, 2.05) is 41.3 Å². The molecule has 10 nitrogen and oxygen atoms in total. The van der Waals surface area contributed by atoms with Crippen molar-refractivity contribution < 1.29 is 33.4 Å². The Morgan fingerprint density at radius 3 is 2.26 bits per heavy atom. The predicted octanol–water partition coefficient (Wildman–Crippen LogP) is 6.73. The van der Waals surface area contributed by atoms with Crippen molar-refractivity contribution in [1.82, 2.24) is 9.80 Å². The molecule has 0 bridgehead atoms. The number of carbonyl (C=O) groups excluding carboxylic acids is 4. The highest BCUT2D eigenvalue weighted by atomic mass is 32.1. The second kappa shape index (κ2) is 15.2. The molecule has 0 radical (unpaired) electrons. The Morgan fingerprint density at radius 2 is 1.60 bits per heavy atom. The Bertz CT molecular complexity index is 1410. The topological polar surface area (TPSA) is 106 Å². The van der Waals surface area contributed by atoms with Crippen molar-refractivity contribution in [2.75, 3.05) is 38.4 Å². The first-order valence-corrected chi connectivity index (χ1v) is 17.8. The van der Waals surface area contributed by atoms with E-state index in [9.17, 15) is 19.2 Å². The minimum atomic E-state index is -0.804. The minimum absolute atomic E-state index is 0.0399. The van der Waals surface area contributed by atoms with Gasteiger partial charge < -0.3 is 24.0 Å². The number of piperidine rings is 1. The van der Waals surface area contributed by atoms with Gasteiger partial charge in [-0.1, -0.05) is 37.3 Å². The number of carbonyl (C=O) groups is 4. The molecule has 2 saturated heterocycles. The van der Waals surface area contributed by atoms with Crippen molar-refractivity contribution in [2.45, 2.75) is 96.7 Å². The summed E-state index contributed by atoms with van der Waals surface area (Å²) in [7, 11) is 2.09. The van der Waals surface area contributed by atoms with Gasteiger partial charge in [0.15, 0.2) is 0 Å². The largest absolute Gasteiger partial charge is 0.444 e. The lowest BCUT2D eigenvalue weighted by Gasteiger charge is -2.40. The smallest absolute Gasteiger partial charge is 0.411 e. The first-order chi connectivity index (χ1) is 22.4. The zero-order valence-corrected chi connectivity index (χ0v) is 29.2. The van der Waals surface area contributed by atoms with Crippen molar-refractivity contribution in [3.05, 3.63) is 41.3 Å². The molecule has 1 atom stereocenters. The molecule has 2 amide bonds. The lowest BCUT2D eigenvalue weighted by molar-refractivity contribution is -0.157. The van der Waals surface area contributed by atoms with Crippen molar-refractivity contribution in [2.24, 2.45) is 11.8 Å². The van der Waals surface area contributed by atoms with E-state index in [1.165, 1.54) is 16.2 Å². The number of hydrogen-bond donors (Lipinski definition) is 0. The van der Waals surface area contributed by atoms with Gasteiger partial charge in [0, 0.05) is 23.4 Å². The minimum Gasteiger partial charge on any atom is -0.444 e. The van der Waals surface area contributed by atoms with Gasteiger partial charge in [-0.15, -0.1) is 11.3 Å². The molecule has 1 saturated carbocycles. The Morgan fingerprint density at radius 1 is 0.915 bits per heavy atom. The van der Waals surface area contributed by atoms with Gasteiger partial charge in [0.1, 0.15) is 16.5 Å². The Labute approximate surface area is 282 Å². The molecule has 3 heterocycles. The van der Waals surface area contributed by atoms with E-state index in [4.69, 9.17) is 14.2 Å². The fraction of sp³-hybridized carbons (Fsp3) is 0.611. The van der Waals surface area contributed by atoms with E-state index in [2.05, 4.69) is 18.9 Å². The van der Waals surface area contributed by atoms with Crippen molar-refractivity contribution >= 4 is 41.0 Å². The molecule has 2 aliphatic heterocycles. The third kappa shape index (κ3) is 8.73. The summed E-state index contributed by atoms with van der Waals surface area (Å²) >= 11 is 1.28. The maximum Gasteiger partial charge on any atom is 0.411 e. The van der Waals surface area contributed by atoms with Crippen LogP contribution in [0, 0.1) is 11.8 Å². The summed E-state index contributed by atoms with van der Waals surface area (Å²) in [6, 6.07) is 10.9. The number of benzene rings is 1. The third-order valence-electron chi connectivity index (χ3n) is 9.42. The van der Waals surface area contributed by atoms with Crippen LogP contribution in [0.3, 0.4) is 0 Å². The Kier molecular flexibility index (Phi) is 11.3. The maximum atomic E-state index is 14.4. The molecule has 2 aromatic rings. The molecule has 3 fully saturated rings. The number of rotatable bonds is 8. The monoisotopic (exact) mass is 667 g/mol. The van der Waals surface area contributed by atoms with Crippen molar-refractivity contribution in [3.8, 4) is 10.4 Å². The summed E-state index contributed by atoms with van der Waals surface area (Å²) in [6.45, 7) is 9.06. The molecule has 3 aliphatic rings. The first-order valence-electron chi connectivity index (χ1n) is 17.0. The summed E-state index contributed by atoms with van der Waals surface area (Å²) in [6.07, 6.45) is 5.85. The van der Waals surface area contributed by atoms with Crippen LogP contribution in [0.2, 0.25) is 0 Å². The summed E-state index contributed by atoms with van der Waals surface area (Å²) in [5.41, 5.74) is 0.809. The SMILES string of the molecule is CC1CCC(C(=O)N(c2cc(-c3ccccc3)sc2C(=O)OCOC(=O)C2CCCN2C(=O)OC(C)(C)C)C2CCN(C)CC2)CC1. The molecule has 1 aromatic carbocycles. The van der Waals surface area contributed by atoms with Crippen molar-refractivity contribution in [1.29, 1.82) is 0 Å². The summed E-state index contributed by atoms with van der Waals surface area (Å²) in [5.74, 6) is -0.705. The van der Waals surface area contributed by atoms with Gasteiger partial charge in [-0.3, -0.25) is 9.69 Å². The highest BCUT2D eigenvalue weighted by Gasteiger charge is 2.39. The summed E-state index contributed by atoms with van der Waals surface area (Å²) in [4.78, 5) is 60.6. The van der Waals surface area contributed by atoms with Crippen LogP contribution in [0.25, 0.3) is 10.4 Å². The number of amides is 2. The van der Waals surface area contributed by atoms with Crippen LogP contribution in [0.5, 0.6) is 0 Å². The van der Waals surface area contributed by atoms with E-state index in [-0.39, 0.29) is 17.9 Å². The van der Waals surface area contributed by atoms with Crippen LogP contribution >= 0.6 is 11.3 Å². The Balaban J connectivity index is 1.36. The second-order valence-electron chi connectivity index (χ2n) is 14.2. The Hall–Kier alpha value is -3.44. The second-order valence-corrected chi connectivity index (χ2v) is 15.3. The van der Waals surface area contributed by atoms with Crippen LogP contribution in [-0.2, 0) is 23.8 Å². The molecule has 0 spiro atoms. The average Bonchev–Trinajstić information content (AvgIpc) is 3.71. The average molecular weight is 668 g/mol. The maximum absolute atomic E-state index is 14.4. The van der Waals surface area contributed by atoms with Crippen LogP contribution < -0.4 is 4.90 Å². The van der Waals surface area contributed by atoms with Gasteiger partial charge in [-0.25, -0.2) is 14.4 Å². The van der Waals surface area contributed by atoms with Gasteiger partial charge in [0.2, 0.25) is 12.7 Å². The zero-order valence-electron chi connectivity index (χ0n) is 28.4. The summed E-state index contributed by atoms with van der Waals surface area (Å²) < 4.78 is 16.4. The van der Waals surface area contributed by atoms with E-state index in [0.29, 0.717) is 35.9 Å². The molecule has 47 heavy (non-hydrogen) atoms. The highest BCUT2D eigenvalue weighted by Crippen LogP contribution is 2.41. The fourth-order valence-corrected chi connectivity index (χ4v) is 7.81. The molecule has 1 aromatic heterocycles. The van der Waals surface area contributed by atoms with Gasteiger partial charge in [-0.2, -0.15) is 0 Å². The molecule has 256 valence electrons. The number of nitrogens with zero attached hydrogens (tertiary/aromatic N) is 3.